The molecule has 0 aliphatic carbocycles. The van der Waals surface area contributed by atoms with E-state index in [1.807, 2.05) is 48.6 Å². The van der Waals surface area contributed by atoms with Crippen molar-refractivity contribution in [2.24, 2.45) is 0 Å². The molecule has 0 N–H and O–H groups in total. The van der Waals surface area contributed by atoms with E-state index in [1.54, 1.807) is 0 Å². The van der Waals surface area contributed by atoms with E-state index in [9.17, 15) is 4.79 Å². The van der Waals surface area contributed by atoms with Crippen LogP contribution in [0.25, 0.3) is 0 Å². The number of ether oxygens (including phenoxy) is 1. The van der Waals surface area contributed by atoms with E-state index in [4.69, 9.17) is 16.5 Å². The zero-order valence-electron chi connectivity index (χ0n) is 9.88. The molecule has 0 fully saturated rings. The van der Waals surface area contributed by atoms with Crippen molar-refractivity contribution < 1.29 is 9.53 Å². The van der Waals surface area contributed by atoms with Crippen LogP contribution < -0.4 is 0 Å². The van der Waals surface area contributed by atoms with Gasteiger partial charge >= 0.3 is 5.97 Å². The Balaban J connectivity index is 1.82. The van der Waals surface area contributed by atoms with Gasteiger partial charge in [0.15, 0.2) is 0 Å². The molecule has 1 aromatic rings. The third-order valence-electron chi connectivity index (χ3n) is 2.57. The molecule has 0 unspecified atom stereocenters. The first-order valence-corrected chi connectivity index (χ1v) is 6.08. The summed E-state index contributed by atoms with van der Waals surface area (Å²) in [5.74, 6) is -0.272. The number of halogens is 1. The van der Waals surface area contributed by atoms with Gasteiger partial charge in [-0.1, -0.05) is 42.5 Å². The van der Waals surface area contributed by atoms with Crippen molar-refractivity contribution >= 4 is 17.7 Å². The largest absolute Gasteiger partial charge is 0.461 e. The van der Waals surface area contributed by atoms with E-state index in [2.05, 4.69) is 0 Å². The summed E-state index contributed by atoms with van der Waals surface area (Å²) in [6.45, 7) is 0.907. The number of benzene rings is 1. The SMILES string of the molecule is O=C(CC1=CC=CCN1Cl)OCc1ccccc1. The second-order valence-electron chi connectivity index (χ2n) is 3.95. The molecule has 0 spiro atoms. The molecule has 3 nitrogen and oxygen atoms in total. The molecule has 0 bridgehead atoms. The van der Waals surface area contributed by atoms with Crippen molar-refractivity contribution in [3.63, 3.8) is 0 Å². The molecule has 0 saturated heterocycles. The Morgan fingerprint density at radius 1 is 1.33 bits per heavy atom. The fourth-order valence-electron chi connectivity index (χ4n) is 1.61. The number of hydrogen-bond acceptors (Lipinski definition) is 3. The molecule has 0 radical (unpaired) electrons. The Bertz CT molecular complexity index is 468. The van der Waals surface area contributed by atoms with Crippen LogP contribution in [0, 0.1) is 0 Å². The first-order chi connectivity index (χ1) is 8.75. The number of nitrogens with zero attached hydrogens (tertiary/aromatic N) is 1. The summed E-state index contributed by atoms with van der Waals surface area (Å²) in [7, 11) is 0. The Labute approximate surface area is 111 Å². The van der Waals surface area contributed by atoms with E-state index < -0.39 is 0 Å². The monoisotopic (exact) mass is 263 g/mol. The molecule has 1 heterocycles. The predicted molar refractivity (Wildman–Crippen MR) is 70.6 cm³/mol. The number of carbonyl (C=O) groups excluding carboxylic acids is 1. The van der Waals surface area contributed by atoms with Gasteiger partial charge in [0.2, 0.25) is 0 Å². The molecule has 0 saturated carbocycles. The summed E-state index contributed by atoms with van der Waals surface area (Å²) >= 11 is 5.95. The van der Waals surface area contributed by atoms with Gasteiger partial charge < -0.3 is 4.74 Å². The van der Waals surface area contributed by atoms with Gasteiger partial charge in [0.25, 0.3) is 0 Å². The first-order valence-electron chi connectivity index (χ1n) is 5.74. The van der Waals surface area contributed by atoms with Gasteiger partial charge in [-0.3, -0.25) is 9.21 Å². The van der Waals surface area contributed by atoms with E-state index in [0.717, 1.165) is 11.3 Å². The summed E-state index contributed by atoms with van der Waals surface area (Å²) in [5, 5.41) is 0. The van der Waals surface area contributed by atoms with Crippen LogP contribution in [0.3, 0.4) is 0 Å². The van der Waals surface area contributed by atoms with Crippen LogP contribution in [0.15, 0.2) is 54.3 Å². The lowest BCUT2D eigenvalue weighted by molar-refractivity contribution is -0.144. The van der Waals surface area contributed by atoms with Crippen molar-refractivity contribution in [2.45, 2.75) is 13.0 Å². The molecule has 1 aliphatic heterocycles. The van der Waals surface area contributed by atoms with Crippen LogP contribution in [-0.4, -0.2) is 16.9 Å². The lowest BCUT2D eigenvalue weighted by Crippen LogP contribution is -2.18. The van der Waals surface area contributed by atoms with Crippen molar-refractivity contribution in [2.75, 3.05) is 6.54 Å². The highest BCUT2D eigenvalue weighted by Crippen LogP contribution is 2.17. The Hall–Kier alpha value is -1.74. The Morgan fingerprint density at radius 2 is 2.11 bits per heavy atom. The van der Waals surface area contributed by atoms with E-state index in [1.165, 1.54) is 4.42 Å². The Morgan fingerprint density at radius 3 is 2.83 bits per heavy atom. The third kappa shape index (κ3) is 3.64. The summed E-state index contributed by atoms with van der Waals surface area (Å²) in [6, 6.07) is 9.60. The minimum atomic E-state index is -0.272. The van der Waals surface area contributed by atoms with Gasteiger partial charge in [0, 0.05) is 17.5 Å². The second kappa shape index (κ2) is 6.26. The Kier molecular flexibility index (Phi) is 4.42. The normalized spacial score (nSPS) is 14.3. The molecule has 0 atom stereocenters. The highest BCUT2D eigenvalue weighted by Gasteiger charge is 2.13. The molecule has 0 amide bonds. The predicted octanol–water partition coefficient (Wildman–Crippen LogP) is 3.03. The molecule has 2 rings (SSSR count). The van der Waals surface area contributed by atoms with E-state index in [-0.39, 0.29) is 12.4 Å². The average Bonchev–Trinajstić information content (AvgIpc) is 2.40. The van der Waals surface area contributed by atoms with Crippen LogP contribution >= 0.6 is 11.8 Å². The molecule has 1 aliphatic rings. The van der Waals surface area contributed by atoms with E-state index in [0.29, 0.717) is 13.2 Å². The van der Waals surface area contributed by atoms with Gasteiger partial charge in [-0.25, -0.2) is 0 Å². The topological polar surface area (TPSA) is 29.5 Å². The highest BCUT2D eigenvalue weighted by atomic mass is 35.5. The van der Waals surface area contributed by atoms with E-state index >= 15 is 0 Å². The zero-order valence-corrected chi connectivity index (χ0v) is 10.6. The number of hydrogen-bond donors (Lipinski definition) is 0. The van der Waals surface area contributed by atoms with Gasteiger partial charge in [0.1, 0.15) is 6.61 Å². The molecule has 18 heavy (non-hydrogen) atoms. The fraction of sp³-hybridized carbons (Fsp3) is 0.214. The molecule has 0 aromatic heterocycles. The number of rotatable bonds is 4. The van der Waals surface area contributed by atoms with Gasteiger partial charge in [0.05, 0.1) is 13.0 Å². The van der Waals surface area contributed by atoms with Gasteiger partial charge in [-0.05, 0) is 11.6 Å². The first kappa shape index (κ1) is 12.7. The van der Waals surface area contributed by atoms with Crippen molar-refractivity contribution in [1.82, 2.24) is 4.42 Å². The van der Waals surface area contributed by atoms with Crippen LogP contribution in [0.1, 0.15) is 12.0 Å². The maximum atomic E-state index is 11.7. The standard InChI is InChI=1S/C14H14ClNO2/c15-16-9-5-4-8-13(16)10-14(17)18-11-12-6-2-1-3-7-12/h1-8H,9-11H2. The summed E-state index contributed by atoms with van der Waals surface area (Å²) < 4.78 is 6.71. The summed E-state index contributed by atoms with van der Waals surface area (Å²) in [4.78, 5) is 11.7. The zero-order chi connectivity index (χ0) is 12.8. The second-order valence-corrected chi connectivity index (χ2v) is 4.36. The number of carbonyl (C=O) groups is 1. The van der Waals surface area contributed by atoms with Gasteiger partial charge in [-0.2, -0.15) is 0 Å². The molecular formula is C14H14ClNO2. The molecule has 4 heteroatoms. The minimum absolute atomic E-state index is 0.195. The van der Waals surface area contributed by atoms with Crippen LogP contribution in [0.2, 0.25) is 0 Å². The molecular weight excluding hydrogens is 250 g/mol. The maximum Gasteiger partial charge on any atom is 0.312 e. The molecule has 94 valence electrons. The average molecular weight is 264 g/mol. The molecule has 1 aromatic carbocycles. The van der Waals surface area contributed by atoms with Crippen LogP contribution in [0.5, 0.6) is 0 Å². The lowest BCUT2D eigenvalue weighted by atomic mass is 10.2. The van der Waals surface area contributed by atoms with Crippen molar-refractivity contribution in [1.29, 1.82) is 0 Å². The lowest BCUT2D eigenvalue weighted by Gasteiger charge is -2.19. The number of esters is 1. The fourth-order valence-corrected chi connectivity index (χ4v) is 1.81. The van der Waals surface area contributed by atoms with Crippen LogP contribution in [-0.2, 0) is 16.1 Å². The summed E-state index contributed by atoms with van der Waals surface area (Å²) in [5.41, 5.74) is 1.74. The summed E-state index contributed by atoms with van der Waals surface area (Å²) in [6.07, 6.45) is 5.82. The quantitative estimate of drug-likeness (QED) is 0.618. The van der Waals surface area contributed by atoms with Gasteiger partial charge in [-0.15, -0.1) is 0 Å². The smallest absolute Gasteiger partial charge is 0.312 e. The number of allylic oxidation sites excluding steroid dienone is 2. The van der Waals surface area contributed by atoms with Crippen LogP contribution in [0.4, 0.5) is 0 Å². The minimum Gasteiger partial charge on any atom is -0.461 e. The highest BCUT2D eigenvalue weighted by molar-refractivity contribution is 6.14. The third-order valence-corrected chi connectivity index (χ3v) is 2.93. The van der Waals surface area contributed by atoms with Crippen molar-refractivity contribution in [3.8, 4) is 0 Å². The van der Waals surface area contributed by atoms with Crippen molar-refractivity contribution in [3.05, 3.63) is 59.8 Å². The maximum absolute atomic E-state index is 11.7.